The van der Waals surface area contributed by atoms with E-state index >= 15 is 0 Å². The van der Waals surface area contributed by atoms with Gasteiger partial charge in [-0.3, -0.25) is 9.59 Å². The van der Waals surface area contributed by atoms with E-state index in [0.717, 1.165) is 4.47 Å². The topological polar surface area (TPSA) is 107 Å². The van der Waals surface area contributed by atoms with Crippen LogP contribution in [0.4, 0.5) is 0 Å². The summed E-state index contributed by atoms with van der Waals surface area (Å²) in [5.41, 5.74) is 0.236. The Hall–Kier alpha value is -2.43. The first-order chi connectivity index (χ1) is 14.3. The van der Waals surface area contributed by atoms with Gasteiger partial charge in [-0.2, -0.15) is 0 Å². The SMILES string of the molecule is O=C(CCNS(=O)(=O)c1ccc(Br)cc1)N1CCN(C(=O)c2ccccc2O)CC1. The Kier molecular flexibility index (Phi) is 7.11. The molecule has 3 rings (SSSR count). The van der Waals surface area contributed by atoms with E-state index in [2.05, 4.69) is 20.7 Å². The molecule has 2 aromatic rings. The molecule has 0 saturated carbocycles. The molecular weight excluding hydrogens is 474 g/mol. The van der Waals surface area contributed by atoms with Gasteiger partial charge in [-0.25, -0.2) is 13.1 Å². The van der Waals surface area contributed by atoms with E-state index in [9.17, 15) is 23.1 Å². The van der Waals surface area contributed by atoms with Gasteiger partial charge in [-0.15, -0.1) is 0 Å². The molecule has 0 aromatic heterocycles. The van der Waals surface area contributed by atoms with Crippen molar-refractivity contribution < 1.29 is 23.1 Å². The number of hydrogen-bond acceptors (Lipinski definition) is 5. The molecule has 10 heteroatoms. The minimum atomic E-state index is -3.68. The molecule has 1 aliphatic rings. The lowest BCUT2D eigenvalue weighted by Crippen LogP contribution is -2.51. The van der Waals surface area contributed by atoms with Gasteiger partial charge < -0.3 is 14.9 Å². The van der Waals surface area contributed by atoms with E-state index < -0.39 is 10.0 Å². The first kappa shape index (κ1) is 22.3. The minimum absolute atomic E-state index is 0.00569. The molecule has 0 bridgehead atoms. The molecule has 0 atom stereocenters. The highest BCUT2D eigenvalue weighted by molar-refractivity contribution is 9.10. The molecule has 0 unspecified atom stereocenters. The fourth-order valence-electron chi connectivity index (χ4n) is 3.13. The van der Waals surface area contributed by atoms with Gasteiger partial charge in [0.05, 0.1) is 10.5 Å². The van der Waals surface area contributed by atoms with Gasteiger partial charge in [0, 0.05) is 43.6 Å². The highest BCUT2D eigenvalue weighted by Gasteiger charge is 2.26. The highest BCUT2D eigenvalue weighted by Crippen LogP contribution is 2.19. The average Bonchev–Trinajstić information content (AvgIpc) is 2.74. The number of nitrogens with zero attached hydrogens (tertiary/aromatic N) is 2. The molecule has 0 spiro atoms. The summed E-state index contributed by atoms with van der Waals surface area (Å²) in [4.78, 5) is 28.3. The number of piperazine rings is 1. The number of sulfonamides is 1. The summed E-state index contributed by atoms with van der Waals surface area (Å²) in [5.74, 6) is -0.523. The van der Waals surface area contributed by atoms with Crippen LogP contribution in [0.25, 0.3) is 0 Å². The molecule has 160 valence electrons. The van der Waals surface area contributed by atoms with Crippen molar-refractivity contribution in [3.05, 3.63) is 58.6 Å². The number of carbonyl (C=O) groups excluding carboxylic acids is 2. The van der Waals surface area contributed by atoms with Crippen LogP contribution < -0.4 is 4.72 Å². The van der Waals surface area contributed by atoms with E-state index in [1.165, 1.54) is 18.2 Å². The van der Waals surface area contributed by atoms with Crippen LogP contribution in [0.5, 0.6) is 5.75 Å². The smallest absolute Gasteiger partial charge is 0.257 e. The van der Waals surface area contributed by atoms with Crippen molar-refractivity contribution in [2.45, 2.75) is 11.3 Å². The zero-order valence-electron chi connectivity index (χ0n) is 16.1. The number of para-hydroxylation sites is 1. The summed E-state index contributed by atoms with van der Waals surface area (Å²) in [5, 5.41) is 9.84. The third kappa shape index (κ3) is 5.38. The fourth-order valence-corrected chi connectivity index (χ4v) is 4.43. The van der Waals surface area contributed by atoms with E-state index in [1.807, 2.05) is 0 Å². The Morgan fingerprint density at radius 2 is 1.57 bits per heavy atom. The summed E-state index contributed by atoms with van der Waals surface area (Å²) >= 11 is 3.26. The molecule has 0 radical (unpaired) electrons. The van der Waals surface area contributed by atoms with Crippen LogP contribution in [0.15, 0.2) is 57.9 Å². The molecule has 1 aliphatic heterocycles. The Morgan fingerprint density at radius 1 is 0.967 bits per heavy atom. The van der Waals surface area contributed by atoms with Crippen molar-refractivity contribution in [1.82, 2.24) is 14.5 Å². The molecule has 1 heterocycles. The second-order valence-electron chi connectivity index (χ2n) is 6.79. The molecule has 30 heavy (non-hydrogen) atoms. The fraction of sp³-hybridized carbons (Fsp3) is 0.300. The van der Waals surface area contributed by atoms with Gasteiger partial charge >= 0.3 is 0 Å². The molecule has 0 aliphatic carbocycles. The summed E-state index contributed by atoms with van der Waals surface area (Å²) in [6, 6.07) is 12.6. The van der Waals surface area contributed by atoms with Crippen molar-refractivity contribution >= 4 is 37.8 Å². The van der Waals surface area contributed by atoms with Crippen LogP contribution in [0.2, 0.25) is 0 Å². The molecule has 1 saturated heterocycles. The number of hydrogen-bond donors (Lipinski definition) is 2. The summed E-state index contributed by atoms with van der Waals surface area (Å²) in [6.45, 7) is 1.41. The molecule has 2 N–H and O–H groups in total. The summed E-state index contributed by atoms with van der Waals surface area (Å²) in [6.07, 6.45) is 0.0309. The van der Waals surface area contributed by atoms with Crippen LogP contribution in [0.1, 0.15) is 16.8 Å². The number of aromatic hydroxyl groups is 1. The largest absolute Gasteiger partial charge is 0.507 e. The summed E-state index contributed by atoms with van der Waals surface area (Å²) in [7, 11) is -3.68. The Bertz CT molecular complexity index is 1020. The Balaban J connectivity index is 1.47. The van der Waals surface area contributed by atoms with Crippen molar-refractivity contribution in [3.8, 4) is 5.75 Å². The zero-order valence-corrected chi connectivity index (χ0v) is 18.5. The van der Waals surface area contributed by atoms with Crippen LogP contribution >= 0.6 is 15.9 Å². The van der Waals surface area contributed by atoms with Crippen LogP contribution in [-0.2, 0) is 14.8 Å². The van der Waals surface area contributed by atoms with Crippen molar-refractivity contribution in [2.75, 3.05) is 32.7 Å². The quantitative estimate of drug-likeness (QED) is 0.635. The second-order valence-corrected chi connectivity index (χ2v) is 9.47. The number of phenolic OH excluding ortho intramolecular Hbond substituents is 1. The van der Waals surface area contributed by atoms with Crippen molar-refractivity contribution in [1.29, 1.82) is 0 Å². The van der Waals surface area contributed by atoms with Gasteiger partial charge in [0.15, 0.2) is 0 Å². The second kappa shape index (κ2) is 9.59. The number of rotatable bonds is 6. The van der Waals surface area contributed by atoms with E-state index in [-0.39, 0.29) is 41.0 Å². The van der Waals surface area contributed by atoms with Gasteiger partial charge in [0.2, 0.25) is 15.9 Å². The number of carbonyl (C=O) groups is 2. The van der Waals surface area contributed by atoms with Crippen LogP contribution in [0.3, 0.4) is 0 Å². The molecule has 2 amide bonds. The van der Waals surface area contributed by atoms with Gasteiger partial charge in [0.1, 0.15) is 5.75 Å². The third-order valence-electron chi connectivity index (χ3n) is 4.81. The molecule has 1 fully saturated rings. The van der Waals surface area contributed by atoms with E-state index in [4.69, 9.17) is 0 Å². The molecule has 2 aromatic carbocycles. The maximum Gasteiger partial charge on any atom is 0.257 e. The van der Waals surface area contributed by atoms with Crippen molar-refractivity contribution in [2.24, 2.45) is 0 Å². The standard InChI is InChI=1S/C20H22BrN3O5S/c21-15-5-7-16(8-6-15)30(28,29)22-10-9-19(26)23-11-13-24(14-12-23)20(27)17-3-1-2-4-18(17)25/h1-8,22,25H,9-14H2. The molecular formula is C20H22BrN3O5S. The highest BCUT2D eigenvalue weighted by atomic mass is 79.9. The van der Waals surface area contributed by atoms with Gasteiger partial charge in [-0.05, 0) is 36.4 Å². The monoisotopic (exact) mass is 495 g/mol. The van der Waals surface area contributed by atoms with Gasteiger partial charge in [-0.1, -0.05) is 28.1 Å². The van der Waals surface area contributed by atoms with Crippen LogP contribution in [-0.4, -0.2) is 67.9 Å². The predicted molar refractivity (Wildman–Crippen MR) is 115 cm³/mol. The first-order valence-electron chi connectivity index (χ1n) is 9.38. The predicted octanol–water partition coefficient (Wildman–Crippen LogP) is 1.81. The number of nitrogens with one attached hydrogen (secondary N) is 1. The van der Waals surface area contributed by atoms with Crippen LogP contribution in [0, 0.1) is 0 Å². The maximum atomic E-state index is 12.5. The van der Waals surface area contributed by atoms with Crippen molar-refractivity contribution in [3.63, 3.8) is 0 Å². The summed E-state index contributed by atoms with van der Waals surface area (Å²) < 4.78 is 27.7. The maximum absolute atomic E-state index is 12.5. The minimum Gasteiger partial charge on any atom is -0.507 e. The first-order valence-corrected chi connectivity index (χ1v) is 11.7. The number of phenols is 1. The zero-order chi connectivity index (χ0) is 21.7. The number of halogens is 1. The molecule has 8 nitrogen and oxygen atoms in total. The third-order valence-corrected chi connectivity index (χ3v) is 6.81. The Labute approximate surface area is 183 Å². The van der Waals surface area contributed by atoms with E-state index in [0.29, 0.717) is 26.2 Å². The number of amides is 2. The Morgan fingerprint density at radius 3 is 2.20 bits per heavy atom. The lowest BCUT2D eigenvalue weighted by molar-refractivity contribution is -0.132. The van der Waals surface area contributed by atoms with Gasteiger partial charge in [0.25, 0.3) is 5.91 Å². The normalized spacial score (nSPS) is 14.6. The number of benzene rings is 2. The lowest BCUT2D eigenvalue weighted by Gasteiger charge is -2.35. The average molecular weight is 496 g/mol. The lowest BCUT2D eigenvalue weighted by atomic mass is 10.1. The van der Waals surface area contributed by atoms with E-state index in [1.54, 1.807) is 40.1 Å².